The number of aromatic amines is 1. The van der Waals surface area contributed by atoms with E-state index in [4.69, 9.17) is 4.52 Å². The van der Waals surface area contributed by atoms with Crippen molar-refractivity contribution < 1.29 is 9.32 Å². The molecular weight excluding hydrogens is 304 g/mol. The zero-order valence-electron chi connectivity index (χ0n) is 14.1. The second-order valence-corrected chi connectivity index (χ2v) is 7.05. The number of hydrogen-bond donors (Lipinski definition) is 1. The topological polar surface area (TPSA) is 75.0 Å². The van der Waals surface area contributed by atoms with E-state index in [1.165, 1.54) is 12.8 Å². The van der Waals surface area contributed by atoms with Gasteiger partial charge in [0.1, 0.15) is 0 Å². The molecule has 2 aliphatic rings. The van der Waals surface area contributed by atoms with Crippen LogP contribution < -0.4 is 0 Å². The molecular formula is C18H24N4O2. The van der Waals surface area contributed by atoms with Crippen LogP contribution in [0.1, 0.15) is 62.4 Å². The number of carbonyl (C=O) groups is 1. The summed E-state index contributed by atoms with van der Waals surface area (Å²) in [5.41, 5.74) is 2.75. The number of nitrogens with one attached hydrogen (secondary N) is 1. The van der Waals surface area contributed by atoms with E-state index < -0.39 is 0 Å². The van der Waals surface area contributed by atoms with Crippen LogP contribution >= 0.6 is 0 Å². The minimum absolute atomic E-state index is 0.0646. The Hall–Kier alpha value is -2.11. The third kappa shape index (κ3) is 2.74. The highest BCUT2D eigenvalue weighted by molar-refractivity contribution is 5.80. The number of aromatic nitrogens is 3. The number of H-pyrrole nitrogens is 1. The molecule has 2 aromatic heterocycles. The third-order valence-corrected chi connectivity index (χ3v) is 5.39. The summed E-state index contributed by atoms with van der Waals surface area (Å²) in [7, 11) is 0. The van der Waals surface area contributed by atoms with Crippen LogP contribution in [0.5, 0.6) is 0 Å². The summed E-state index contributed by atoms with van der Waals surface area (Å²) in [5, 5.41) is 11.3. The lowest BCUT2D eigenvalue weighted by molar-refractivity contribution is -0.139. The van der Waals surface area contributed by atoms with Gasteiger partial charge in [0, 0.05) is 18.5 Å². The van der Waals surface area contributed by atoms with Crippen molar-refractivity contribution in [2.24, 2.45) is 5.92 Å². The number of nitrogens with zero attached hydrogens (tertiary/aromatic N) is 3. The first kappa shape index (κ1) is 15.4. The molecule has 6 heteroatoms. The van der Waals surface area contributed by atoms with Crippen molar-refractivity contribution in [1.29, 1.82) is 0 Å². The molecule has 1 aliphatic heterocycles. The minimum atomic E-state index is 0.0646. The summed E-state index contributed by atoms with van der Waals surface area (Å²) >= 11 is 0. The van der Waals surface area contributed by atoms with Crippen molar-refractivity contribution in [2.75, 3.05) is 6.54 Å². The van der Waals surface area contributed by atoms with E-state index in [2.05, 4.69) is 20.3 Å². The first-order chi connectivity index (χ1) is 11.7. The highest BCUT2D eigenvalue weighted by atomic mass is 16.5. The monoisotopic (exact) mass is 328 g/mol. The van der Waals surface area contributed by atoms with Crippen LogP contribution in [-0.2, 0) is 4.79 Å². The van der Waals surface area contributed by atoms with Crippen LogP contribution in [0.15, 0.2) is 16.8 Å². The molecule has 0 spiro atoms. The smallest absolute Gasteiger partial charge is 0.226 e. The summed E-state index contributed by atoms with van der Waals surface area (Å²) in [5.74, 6) is 1.26. The SMILES string of the molecule is Cc1cc(-c2cn[nH]c2[C@@H]2CCCCN2C(=O)C2CCCC2)on1. The maximum Gasteiger partial charge on any atom is 0.226 e. The predicted molar refractivity (Wildman–Crippen MR) is 89.1 cm³/mol. The maximum atomic E-state index is 13.0. The van der Waals surface area contributed by atoms with E-state index in [-0.39, 0.29) is 12.0 Å². The second-order valence-electron chi connectivity index (χ2n) is 7.05. The zero-order valence-corrected chi connectivity index (χ0v) is 14.1. The lowest BCUT2D eigenvalue weighted by Gasteiger charge is -2.37. The van der Waals surface area contributed by atoms with Crippen LogP contribution in [0, 0.1) is 12.8 Å². The van der Waals surface area contributed by atoms with Gasteiger partial charge in [-0.3, -0.25) is 9.89 Å². The summed E-state index contributed by atoms with van der Waals surface area (Å²) < 4.78 is 5.42. The number of rotatable bonds is 3. The molecule has 1 saturated carbocycles. The van der Waals surface area contributed by atoms with Gasteiger partial charge < -0.3 is 9.42 Å². The number of piperidine rings is 1. The molecule has 1 N–H and O–H groups in total. The third-order valence-electron chi connectivity index (χ3n) is 5.39. The lowest BCUT2D eigenvalue weighted by atomic mass is 9.94. The summed E-state index contributed by atoms with van der Waals surface area (Å²) in [6.07, 6.45) is 9.41. The van der Waals surface area contributed by atoms with Gasteiger partial charge in [-0.2, -0.15) is 5.10 Å². The van der Waals surface area contributed by atoms with Crippen LogP contribution in [0.2, 0.25) is 0 Å². The molecule has 2 fully saturated rings. The van der Waals surface area contributed by atoms with E-state index in [0.29, 0.717) is 5.91 Å². The van der Waals surface area contributed by atoms with Gasteiger partial charge in [0.25, 0.3) is 0 Å². The first-order valence-electron chi connectivity index (χ1n) is 9.01. The maximum absolute atomic E-state index is 13.0. The average Bonchev–Trinajstić information content (AvgIpc) is 3.35. The number of hydrogen-bond acceptors (Lipinski definition) is 4. The van der Waals surface area contributed by atoms with Gasteiger partial charge in [-0.15, -0.1) is 0 Å². The average molecular weight is 328 g/mol. The lowest BCUT2D eigenvalue weighted by Crippen LogP contribution is -2.41. The van der Waals surface area contributed by atoms with E-state index in [1.807, 2.05) is 13.0 Å². The Balaban J connectivity index is 1.64. The first-order valence-corrected chi connectivity index (χ1v) is 9.01. The van der Waals surface area contributed by atoms with Gasteiger partial charge >= 0.3 is 0 Å². The van der Waals surface area contributed by atoms with Crippen LogP contribution in [0.3, 0.4) is 0 Å². The molecule has 1 atom stereocenters. The zero-order chi connectivity index (χ0) is 16.5. The standard InChI is InChI=1S/C18H24N4O2/c1-12-10-16(24-21-12)14-11-19-20-17(14)15-8-4-5-9-22(15)18(23)13-6-2-3-7-13/h10-11,13,15H,2-9H2,1H3,(H,19,20)/t15-/m0/s1. The van der Waals surface area contributed by atoms with Gasteiger partial charge in [-0.05, 0) is 39.0 Å². The molecule has 0 aromatic carbocycles. The molecule has 0 bridgehead atoms. The molecule has 4 rings (SSSR count). The number of carbonyl (C=O) groups excluding carboxylic acids is 1. The fourth-order valence-corrected chi connectivity index (χ4v) is 4.14. The Morgan fingerprint density at radius 3 is 2.79 bits per heavy atom. The minimum Gasteiger partial charge on any atom is -0.356 e. The molecule has 3 heterocycles. The quantitative estimate of drug-likeness (QED) is 0.934. The Bertz CT molecular complexity index is 714. The number of likely N-dealkylation sites (tertiary alicyclic amines) is 1. The Labute approximate surface area is 141 Å². The Kier molecular flexibility index (Phi) is 4.12. The molecule has 1 aliphatic carbocycles. The molecule has 1 saturated heterocycles. The Morgan fingerprint density at radius 2 is 2.04 bits per heavy atom. The van der Waals surface area contributed by atoms with Crippen molar-refractivity contribution in [3.63, 3.8) is 0 Å². The van der Waals surface area contributed by atoms with E-state index in [0.717, 1.165) is 61.4 Å². The van der Waals surface area contributed by atoms with Crippen molar-refractivity contribution in [2.45, 2.75) is 57.9 Å². The molecule has 128 valence electrons. The van der Waals surface area contributed by atoms with Gasteiger partial charge in [-0.25, -0.2) is 0 Å². The van der Waals surface area contributed by atoms with Gasteiger partial charge in [0.05, 0.1) is 29.2 Å². The summed E-state index contributed by atoms with van der Waals surface area (Å²) in [6, 6.07) is 1.98. The van der Waals surface area contributed by atoms with E-state index >= 15 is 0 Å². The van der Waals surface area contributed by atoms with Crippen molar-refractivity contribution in [3.8, 4) is 11.3 Å². The molecule has 1 amide bonds. The van der Waals surface area contributed by atoms with Crippen LogP contribution in [-0.4, -0.2) is 32.7 Å². The number of aryl methyl sites for hydroxylation is 1. The second kappa shape index (κ2) is 6.42. The van der Waals surface area contributed by atoms with Crippen LogP contribution in [0.25, 0.3) is 11.3 Å². The predicted octanol–water partition coefficient (Wildman–Crippen LogP) is 3.62. The Morgan fingerprint density at radius 1 is 1.25 bits per heavy atom. The van der Waals surface area contributed by atoms with Crippen molar-refractivity contribution in [1.82, 2.24) is 20.3 Å². The fraction of sp³-hybridized carbons (Fsp3) is 0.611. The molecule has 24 heavy (non-hydrogen) atoms. The molecule has 0 unspecified atom stereocenters. The molecule has 0 radical (unpaired) electrons. The summed E-state index contributed by atoms with van der Waals surface area (Å²) in [6.45, 7) is 2.75. The van der Waals surface area contributed by atoms with Gasteiger partial charge in [0.2, 0.25) is 5.91 Å². The highest BCUT2D eigenvalue weighted by Crippen LogP contribution is 2.38. The van der Waals surface area contributed by atoms with Gasteiger partial charge in [-0.1, -0.05) is 18.0 Å². The molecule has 2 aromatic rings. The highest BCUT2D eigenvalue weighted by Gasteiger charge is 2.35. The van der Waals surface area contributed by atoms with E-state index in [1.54, 1.807) is 6.20 Å². The summed E-state index contributed by atoms with van der Waals surface area (Å²) in [4.78, 5) is 15.1. The van der Waals surface area contributed by atoms with E-state index in [9.17, 15) is 4.79 Å². The van der Waals surface area contributed by atoms with Crippen LogP contribution in [0.4, 0.5) is 0 Å². The molecule has 6 nitrogen and oxygen atoms in total. The number of amides is 1. The van der Waals surface area contributed by atoms with Gasteiger partial charge in [0.15, 0.2) is 5.76 Å². The largest absolute Gasteiger partial charge is 0.356 e. The normalized spacial score (nSPS) is 22.2. The fourth-order valence-electron chi connectivity index (χ4n) is 4.14. The van der Waals surface area contributed by atoms with Crippen molar-refractivity contribution >= 4 is 5.91 Å². The van der Waals surface area contributed by atoms with Crippen molar-refractivity contribution in [3.05, 3.63) is 23.7 Å².